The van der Waals surface area contributed by atoms with Crippen LogP contribution in [-0.2, 0) is 0 Å². The van der Waals surface area contributed by atoms with Crippen LogP contribution in [0, 0.1) is 5.41 Å². The Bertz CT molecular complexity index is 456. The molecule has 5 nitrogen and oxygen atoms in total. The van der Waals surface area contributed by atoms with E-state index in [2.05, 4.69) is 26.2 Å². The predicted octanol–water partition coefficient (Wildman–Crippen LogP) is 3.04. The van der Waals surface area contributed by atoms with Crippen molar-refractivity contribution in [1.29, 1.82) is 0 Å². The summed E-state index contributed by atoms with van der Waals surface area (Å²) in [5.41, 5.74) is 4.10. The summed E-state index contributed by atoms with van der Waals surface area (Å²) in [5, 5.41) is 0. The molecular weight excluding hydrogens is 268 g/mol. The van der Waals surface area contributed by atoms with Crippen molar-refractivity contribution in [3.63, 3.8) is 0 Å². The highest BCUT2D eigenvalue weighted by atomic mass is 16.5. The van der Waals surface area contributed by atoms with Crippen molar-refractivity contribution in [2.75, 3.05) is 21.3 Å². The van der Waals surface area contributed by atoms with E-state index < -0.39 is 0 Å². The number of nitrogens with one attached hydrogen (secondary N) is 1. The first kappa shape index (κ1) is 17.6. The lowest BCUT2D eigenvalue weighted by Gasteiger charge is -2.25. The molecule has 0 aliphatic carbocycles. The number of hydrogen-bond donors (Lipinski definition) is 2. The number of ether oxygens (including phenoxy) is 3. The summed E-state index contributed by atoms with van der Waals surface area (Å²) in [5.74, 6) is 7.80. The molecule has 5 heteroatoms. The number of nitrogens with two attached hydrogens (primary N) is 1. The fraction of sp³-hybridized carbons (Fsp3) is 0.625. The van der Waals surface area contributed by atoms with Crippen LogP contribution in [0.4, 0.5) is 0 Å². The van der Waals surface area contributed by atoms with Crippen LogP contribution in [0.25, 0.3) is 0 Å². The Morgan fingerprint density at radius 1 is 1.00 bits per heavy atom. The molecule has 0 aliphatic heterocycles. The molecule has 1 unspecified atom stereocenters. The third-order valence-electron chi connectivity index (χ3n) is 3.50. The first-order chi connectivity index (χ1) is 9.86. The smallest absolute Gasteiger partial charge is 0.164 e. The fourth-order valence-electron chi connectivity index (χ4n) is 2.23. The zero-order chi connectivity index (χ0) is 16.0. The summed E-state index contributed by atoms with van der Waals surface area (Å²) in [7, 11) is 4.87. The molecular formula is C16H28N2O3. The minimum Gasteiger partial charge on any atom is -0.496 e. The molecule has 0 amide bonds. The van der Waals surface area contributed by atoms with Gasteiger partial charge in [-0.15, -0.1) is 0 Å². The van der Waals surface area contributed by atoms with E-state index in [0.29, 0.717) is 11.5 Å². The van der Waals surface area contributed by atoms with Crippen LogP contribution in [0.2, 0.25) is 0 Å². The maximum Gasteiger partial charge on any atom is 0.164 e. The summed E-state index contributed by atoms with van der Waals surface area (Å²) < 4.78 is 16.1. The Kier molecular flexibility index (Phi) is 6.30. The lowest BCUT2D eigenvalue weighted by molar-refractivity contribution is 0.322. The summed E-state index contributed by atoms with van der Waals surface area (Å²) in [6, 6.07) is 3.75. The zero-order valence-electron chi connectivity index (χ0n) is 13.9. The molecule has 0 radical (unpaired) electrons. The van der Waals surface area contributed by atoms with Crippen LogP contribution < -0.4 is 25.5 Å². The van der Waals surface area contributed by atoms with Gasteiger partial charge >= 0.3 is 0 Å². The van der Waals surface area contributed by atoms with Crippen LogP contribution >= 0.6 is 0 Å². The van der Waals surface area contributed by atoms with Crippen LogP contribution in [0.3, 0.4) is 0 Å². The molecule has 21 heavy (non-hydrogen) atoms. The second-order valence-electron chi connectivity index (χ2n) is 6.27. The van der Waals surface area contributed by atoms with Crippen LogP contribution in [-0.4, -0.2) is 21.3 Å². The second-order valence-corrected chi connectivity index (χ2v) is 6.27. The SMILES string of the molecule is COc1cc(OC)c(C(CCC(C)(C)C)NN)cc1OC. The number of methoxy groups -OCH3 is 3. The van der Waals surface area contributed by atoms with Gasteiger partial charge in [-0.05, 0) is 24.3 Å². The zero-order valence-corrected chi connectivity index (χ0v) is 13.9. The van der Waals surface area contributed by atoms with E-state index in [9.17, 15) is 0 Å². The highest BCUT2D eigenvalue weighted by molar-refractivity contribution is 5.51. The van der Waals surface area contributed by atoms with Crippen LogP contribution in [0.5, 0.6) is 17.2 Å². The molecule has 1 atom stereocenters. The highest BCUT2D eigenvalue weighted by Gasteiger charge is 2.21. The van der Waals surface area contributed by atoms with Gasteiger partial charge in [0.05, 0.1) is 21.3 Å². The first-order valence-electron chi connectivity index (χ1n) is 7.12. The topological polar surface area (TPSA) is 65.7 Å². The van der Waals surface area contributed by atoms with E-state index in [1.807, 2.05) is 12.1 Å². The van der Waals surface area contributed by atoms with Gasteiger partial charge in [0.25, 0.3) is 0 Å². The number of rotatable bonds is 7. The molecule has 0 aromatic heterocycles. The van der Waals surface area contributed by atoms with Crippen molar-refractivity contribution in [2.24, 2.45) is 11.3 Å². The van der Waals surface area contributed by atoms with Gasteiger partial charge in [0.15, 0.2) is 11.5 Å². The molecule has 0 bridgehead atoms. The van der Waals surface area contributed by atoms with Crippen molar-refractivity contribution >= 4 is 0 Å². The molecule has 1 aromatic carbocycles. The molecule has 0 fully saturated rings. The Hall–Kier alpha value is -1.46. The third-order valence-corrected chi connectivity index (χ3v) is 3.50. The van der Waals surface area contributed by atoms with Gasteiger partial charge in [0.1, 0.15) is 5.75 Å². The lowest BCUT2D eigenvalue weighted by Crippen LogP contribution is -2.29. The van der Waals surface area contributed by atoms with Gasteiger partial charge in [-0.3, -0.25) is 11.3 Å². The summed E-state index contributed by atoms with van der Waals surface area (Å²) in [6.07, 6.45) is 1.95. The maximum absolute atomic E-state index is 5.74. The summed E-state index contributed by atoms with van der Waals surface area (Å²) >= 11 is 0. The average molecular weight is 296 g/mol. The third kappa shape index (κ3) is 4.79. The fourth-order valence-corrected chi connectivity index (χ4v) is 2.23. The van der Waals surface area contributed by atoms with Crippen molar-refractivity contribution in [2.45, 2.75) is 39.7 Å². The first-order valence-corrected chi connectivity index (χ1v) is 7.12. The minimum absolute atomic E-state index is 0.000943. The normalized spacial score (nSPS) is 12.9. The van der Waals surface area contributed by atoms with Gasteiger partial charge in [-0.2, -0.15) is 0 Å². The van der Waals surface area contributed by atoms with E-state index in [1.54, 1.807) is 21.3 Å². The lowest BCUT2D eigenvalue weighted by atomic mass is 9.87. The Balaban J connectivity index is 3.12. The van der Waals surface area contributed by atoms with E-state index in [1.165, 1.54) is 0 Å². The largest absolute Gasteiger partial charge is 0.496 e. The quantitative estimate of drug-likeness (QED) is 0.598. The Morgan fingerprint density at radius 2 is 1.52 bits per heavy atom. The Labute approximate surface area is 127 Å². The highest BCUT2D eigenvalue weighted by Crippen LogP contribution is 2.39. The van der Waals surface area contributed by atoms with Crippen molar-refractivity contribution < 1.29 is 14.2 Å². The maximum atomic E-state index is 5.74. The van der Waals surface area contributed by atoms with Gasteiger partial charge in [-0.1, -0.05) is 20.8 Å². The number of hydrogen-bond acceptors (Lipinski definition) is 5. The molecule has 1 rings (SSSR count). The van der Waals surface area contributed by atoms with E-state index in [4.69, 9.17) is 20.1 Å². The monoisotopic (exact) mass is 296 g/mol. The molecule has 1 aromatic rings. The number of hydrazine groups is 1. The van der Waals surface area contributed by atoms with Crippen molar-refractivity contribution in [3.05, 3.63) is 17.7 Å². The molecule has 0 spiro atoms. The predicted molar refractivity (Wildman–Crippen MR) is 84.9 cm³/mol. The van der Waals surface area contributed by atoms with Gasteiger partial charge in [0, 0.05) is 17.7 Å². The molecule has 0 saturated carbocycles. The molecule has 0 aliphatic rings. The van der Waals surface area contributed by atoms with E-state index in [-0.39, 0.29) is 11.5 Å². The van der Waals surface area contributed by atoms with Crippen molar-refractivity contribution in [1.82, 2.24) is 5.43 Å². The van der Waals surface area contributed by atoms with Gasteiger partial charge < -0.3 is 14.2 Å². The minimum atomic E-state index is -0.000943. The average Bonchev–Trinajstić information content (AvgIpc) is 2.45. The molecule has 120 valence electrons. The van der Waals surface area contributed by atoms with Crippen LogP contribution in [0.15, 0.2) is 12.1 Å². The Morgan fingerprint density at radius 3 is 1.95 bits per heavy atom. The summed E-state index contributed by atoms with van der Waals surface area (Å²) in [6.45, 7) is 6.64. The molecule has 0 heterocycles. The summed E-state index contributed by atoms with van der Waals surface area (Å²) in [4.78, 5) is 0. The van der Waals surface area contributed by atoms with E-state index in [0.717, 1.165) is 24.2 Å². The molecule has 3 N–H and O–H groups in total. The van der Waals surface area contributed by atoms with Gasteiger partial charge in [-0.25, -0.2) is 0 Å². The molecule has 0 saturated heterocycles. The van der Waals surface area contributed by atoms with Crippen molar-refractivity contribution in [3.8, 4) is 17.2 Å². The standard InChI is InChI=1S/C16H28N2O3/c1-16(2,3)8-7-12(18-17)11-9-14(20-5)15(21-6)10-13(11)19-4/h9-10,12,18H,7-8,17H2,1-6H3. The van der Waals surface area contributed by atoms with Crippen LogP contribution in [0.1, 0.15) is 45.2 Å². The van der Waals surface area contributed by atoms with E-state index >= 15 is 0 Å². The second kappa shape index (κ2) is 7.52. The van der Waals surface area contributed by atoms with Gasteiger partial charge in [0.2, 0.25) is 0 Å². The number of benzene rings is 1.